The molecule has 0 unspecified atom stereocenters. The molecule has 1 aliphatic rings. The minimum Gasteiger partial charge on any atom is -0.465 e. The van der Waals surface area contributed by atoms with E-state index >= 15 is 0 Å². The van der Waals surface area contributed by atoms with Gasteiger partial charge in [0.2, 0.25) is 0 Å². The molecule has 0 spiro atoms. The maximum atomic E-state index is 12.8. The van der Waals surface area contributed by atoms with E-state index in [1.54, 1.807) is 24.3 Å². The molecule has 0 bridgehead atoms. The van der Waals surface area contributed by atoms with Crippen LogP contribution in [0.1, 0.15) is 39.3 Å². The van der Waals surface area contributed by atoms with Gasteiger partial charge in [0.25, 0.3) is 5.91 Å². The van der Waals surface area contributed by atoms with Gasteiger partial charge >= 0.3 is 5.97 Å². The second-order valence-corrected chi connectivity index (χ2v) is 8.74. The summed E-state index contributed by atoms with van der Waals surface area (Å²) in [6.07, 6.45) is 5.50. The zero-order chi connectivity index (χ0) is 21.1. The van der Waals surface area contributed by atoms with Gasteiger partial charge in [-0.1, -0.05) is 11.8 Å². The molecule has 1 amide bonds. The van der Waals surface area contributed by atoms with E-state index in [2.05, 4.69) is 15.2 Å². The van der Waals surface area contributed by atoms with Crippen molar-refractivity contribution in [3.05, 3.63) is 40.8 Å². The Morgan fingerprint density at radius 1 is 1.13 bits per heavy atom. The van der Waals surface area contributed by atoms with Crippen LogP contribution in [-0.4, -0.2) is 48.3 Å². The highest BCUT2D eigenvalue weighted by atomic mass is 32.2. The van der Waals surface area contributed by atoms with E-state index in [4.69, 9.17) is 9.72 Å². The third-order valence-electron chi connectivity index (χ3n) is 4.98. The lowest BCUT2D eigenvalue weighted by Gasteiger charge is -2.28. The average molecular weight is 443 g/mol. The molecule has 7 nitrogen and oxygen atoms in total. The Morgan fingerprint density at radius 2 is 1.87 bits per heavy atom. The molecular formula is C21H22N4O3S2. The Labute approximate surface area is 182 Å². The van der Waals surface area contributed by atoms with Crippen LogP contribution in [0.15, 0.2) is 35.5 Å². The third kappa shape index (κ3) is 4.27. The normalized spacial score (nSPS) is 14.0. The fourth-order valence-corrected chi connectivity index (χ4v) is 4.78. The standard InChI is InChI=1S/C21H22N4O3S2/c1-28-20(27)13-6-8-14(9-7-13)22-18(26)16-12-15-17(25-10-4-3-5-11-25)23-21(29-2)24-19(15)30-16/h6-9,12H,3-5,10-11H2,1-2H3,(H,22,26). The van der Waals surface area contributed by atoms with Crippen LogP contribution in [0.5, 0.6) is 0 Å². The smallest absolute Gasteiger partial charge is 0.337 e. The van der Waals surface area contributed by atoms with Crippen molar-refractivity contribution in [2.24, 2.45) is 0 Å². The number of fused-ring (bicyclic) bond motifs is 1. The van der Waals surface area contributed by atoms with Crippen LogP contribution < -0.4 is 10.2 Å². The van der Waals surface area contributed by atoms with E-state index < -0.39 is 5.97 Å². The number of rotatable bonds is 5. The number of hydrogen-bond donors (Lipinski definition) is 1. The summed E-state index contributed by atoms with van der Waals surface area (Å²) in [6.45, 7) is 1.95. The number of benzene rings is 1. The molecular weight excluding hydrogens is 420 g/mol. The minimum atomic E-state index is -0.411. The van der Waals surface area contributed by atoms with Crippen molar-refractivity contribution in [3.63, 3.8) is 0 Å². The average Bonchev–Trinajstić information content (AvgIpc) is 3.23. The second kappa shape index (κ2) is 9.01. The first kappa shape index (κ1) is 20.6. The highest BCUT2D eigenvalue weighted by molar-refractivity contribution is 7.98. The van der Waals surface area contributed by atoms with E-state index in [1.807, 2.05) is 12.3 Å². The van der Waals surface area contributed by atoms with Crippen LogP contribution in [0.4, 0.5) is 11.5 Å². The number of nitrogens with zero attached hydrogens (tertiary/aromatic N) is 3. The molecule has 0 atom stereocenters. The molecule has 1 saturated heterocycles. The number of methoxy groups -OCH3 is 1. The lowest BCUT2D eigenvalue weighted by molar-refractivity contribution is 0.0600. The molecule has 3 aromatic rings. The number of piperidine rings is 1. The fourth-order valence-electron chi connectivity index (χ4n) is 3.44. The Kier molecular flexibility index (Phi) is 6.19. The topological polar surface area (TPSA) is 84.4 Å². The maximum Gasteiger partial charge on any atom is 0.337 e. The molecule has 1 fully saturated rings. The van der Waals surface area contributed by atoms with Gasteiger partial charge in [-0.05, 0) is 55.9 Å². The van der Waals surface area contributed by atoms with E-state index in [0.29, 0.717) is 16.1 Å². The van der Waals surface area contributed by atoms with E-state index in [9.17, 15) is 9.59 Å². The van der Waals surface area contributed by atoms with Crippen molar-refractivity contribution in [2.75, 3.05) is 36.7 Å². The molecule has 4 rings (SSSR count). The first-order chi connectivity index (χ1) is 14.6. The number of thiophene rings is 1. The van der Waals surface area contributed by atoms with Gasteiger partial charge in [-0.25, -0.2) is 14.8 Å². The number of hydrogen-bond acceptors (Lipinski definition) is 8. The summed E-state index contributed by atoms with van der Waals surface area (Å²) < 4.78 is 4.70. The number of carbonyl (C=O) groups excluding carboxylic acids is 2. The lowest BCUT2D eigenvalue weighted by Crippen LogP contribution is -2.30. The van der Waals surface area contributed by atoms with Gasteiger partial charge in [0.1, 0.15) is 10.6 Å². The van der Waals surface area contributed by atoms with Gasteiger partial charge in [0.05, 0.1) is 22.9 Å². The van der Waals surface area contributed by atoms with Crippen molar-refractivity contribution < 1.29 is 14.3 Å². The fraction of sp³-hybridized carbons (Fsp3) is 0.333. The maximum absolute atomic E-state index is 12.8. The number of aromatic nitrogens is 2. The summed E-state index contributed by atoms with van der Waals surface area (Å²) in [5.41, 5.74) is 1.04. The minimum absolute atomic E-state index is 0.209. The van der Waals surface area contributed by atoms with Crippen LogP contribution in [0.2, 0.25) is 0 Å². The summed E-state index contributed by atoms with van der Waals surface area (Å²) in [4.78, 5) is 37.4. The van der Waals surface area contributed by atoms with Crippen molar-refractivity contribution in [1.29, 1.82) is 0 Å². The van der Waals surface area contributed by atoms with Crippen LogP contribution >= 0.6 is 23.1 Å². The summed E-state index contributed by atoms with van der Waals surface area (Å²) in [5.74, 6) is 0.298. The molecule has 1 aromatic carbocycles. The van der Waals surface area contributed by atoms with E-state index in [1.165, 1.54) is 36.6 Å². The number of thioether (sulfide) groups is 1. The third-order valence-corrected chi connectivity index (χ3v) is 6.55. The van der Waals surface area contributed by atoms with Gasteiger partial charge < -0.3 is 15.0 Å². The Bertz CT molecular complexity index is 1080. The summed E-state index contributed by atoms with van der Waals surface area (Å²) in [7, 11) is 1.34. The van der Waals surface area contributed by atoms with E-state index in [-0.39, 0.29) is 5.91 Å². The molecule has 1 aliphatic heterocycles. The van der Waals surface area contributed by atoms with Crippen molar-refractivity contribution in [3.8, 4) is 0 Å². The molecule has 1 N–H and O–H groups in total. The number of nitrogens with one attached hydrogen (secondary N) is 1. The molecule has 2 aromatic heterocycles. The highest BCUT2D eigenvalue weighted by Crippen LogP contribution is 2.34. The van der Waals surface area contributed by atoms with Gasteiger partial charge in [0.15, 0.2) is 5.16 Å². The Balaban J connectivity index is 1.60. The molecule has 0 aliphatic carbocycles. The van der Waals surface area contributed by atoms with Gasteiger partial charge in [-0.2, -0.15) is 0 Å². The summed E-state index contributed by atoms with van der Waals surface area (Å²) in [6, 6.07) is 8.49. The monoisotopic (exact) mass is 442 g/mol. The van der Waals surface area contributed by atoms with Gasteiger partial charge in [0, 0.05) is 18.8 Å². The molecule has 0 saturated carbocycles. The molecule has 156 valence electrons. The summed E-state index contributed by atoms with van der Waals surface area (Å²) >= 11 is 2.87. The second-order valence-electron chi connectivity index (χ2n) is 6.93. The number of ether oxygens (including phenoxy) is 1. The first-order valence-corrected chi connectivity index (χ1v) is 11.7. The quantitative estimate of drug-likeness (QED) is 0.355. The van der Waals surface area contributed by atoms with Crippen LogP contribution in [0, 0.1) is 0 Å². The lowest BCUT2D eigenvalue weighted by atomic mass is 10.1. The Hall–Kier alpha value is -2.65. The Morgan fingerprint density at radius 3 is 2.53 bits per heavy atom. The number of amides is 1. The highest BCUT2D eigenvalue weighted by Gasteiger charge is 2.21. The first-order valence-electron chi connectivity index (χ1n) is 9.69. The van der Waals surface area contributed by atoms with Crippen molar-refractivity contribution in [2.45, 2.75) is 24.4 Å². The van der Waals surface area contributed by atoms with Crippen LogP contribution in [0.25, 0.3) is 10.2 Å². The number of carbonyl (C=O) groups is 2. The number of anilines is 2. The van der Waals surface area contributed by atoms with Crippen molar-refractivity contribution in [1.82, 2.24) is 9.97 Å². The van der Waals surface area contributed by atoms with Crippen molar-refractivity contribution >= 4 is 56.7 Å². The van der Waals surface area contributed by atoms with Crippen LogP contribution in [0.3, 0.4) is 0 Å². The van der Waals surface area contributed by atoms with Crippen LogP contribution in [-0.2, 0) is 4.74 Å². The molecule has 0 radical (unpaired) electrons. The molecule has 9 heteroatoms. The predicted molar refractivity (Wildman–Crippen MR) is 121 cm³/mol. The largest absolute Gasteiger partial charge is 0.465 e. The van der Waals surface area contributed by atoms with Gasteiger partial charge in [-0.3, -0.25) is 4.79 Å². The summed E-state index contributed by atoms with van der Waals surface area (Å²) in [5, 5.41) is 4.52. The zero-order valence-corrected chi connectivity index (χ0v) is 18.4. The number of esters is 1. The van der Waals surface area contributed by atoms with Gasteiger partial charge in [-0.15, -0.1) is 11.3 Å². The molecule has 3 heterocycles. The van der Waals surface area contributed by atoms with E-state index in [0.717, 1.165) is 47.1 Å². The zero-order valence-electron chi connectivity index (χ0n) is 16.8. The molecule has 30 heavy (non-hydrogen) atoms. The predicted octanol–water partition coefficient (Wildman–Crippen LogP) is 4.44. The SMILES string of the molecule is COC(=O)c1ccc(NC(=O)c2cc3c(N4CCCCC4)nc(SC)nc3s2)cc1.